The summed E-state index contributed by atoms with van der Waals surface area (Å²) in [6, 6.07) is 5.51. The molecule has 9 heteroatoms. The second kappa shape index (κ2) is 6.66. The summed E-state index contributed by atoms with van der Waals surface area (Å²) < 4.78 is 1.28. The van der Waals surface area contributed by atoms with Crippen LogP contribution in [0, 0.1) is 10.1 Å². The topological polar surface area (TPSA) is 107 Å². The lowest BCUT2D eigenvalue weighted by atomic mass is 10.00. The summed E-state index contributed by atoms with van der Waals surface area (Å²) in [6.45, 7) is 0.570. The van der Waals surface area contributed by atoms with Crippen molar-refractivity contribution >= 4 is 35.4 Å². The number of nitro groups is 1. The summed E-state index contributed by atoms with van der Waals surface area (Å²) in [4.78, 5) is 24.3. The number of aromatic nitrogens is 2. The van der Waals surface area contributed by atoms with Gasteiger partial charge in [0, 0.05) is 17.9 Å². The number of nitrogens with zero attached hydrogens (tertiary/aromatic N) is 4. The van der Waals surface area contributed by atoms with Crippen LogP contribution in [0.15, 0.2) is 30.6 Å². The van der Waals surface area contributed by atoms with E-state index in [1.807, 2.05) is 18.2 Å². The van der Waals surface area contributed by atoms with Crippen LogP contribution in [-0.4, -0.2) is 27.2 Å². The summed E-state index contributed by atoms with van der Waals surface area (Å²) in [5, 5.41) is 14.5. The quantitative estimate of drug-likeness (QED) is 0.521. The van der Waals surface area contributed by atoms with Gasteiger partial charge in [0.2, 0.25) is 5.91 Å². The third-order valence-electron chi connectivity index (χ3n) is 3.72. The Morgan fingerprint density at radius 3 is 2.91 bits per heavy atom. The van der Waals surface area contributed by atoms with Gasteiger partial charge in [-0.05, 0) is 30.5 Å². The van der Waals surface area contributed by atoms with Gasteiger partial charge >= 0.3 is 5.69 Å². The molecule has 8 nitrogen and oxygen atoms in total. The molecule has 1 aliphatic heterocycles. The maximum atomic E-state index is 12.5. The Labute approximate surface area is 138 Å². The van der Waals surface area contributed by atoms with E-state index in [9.17, 15) is 14.9 Å². The van der Waals surface area contributed by atoms with Crippen LogP contribution in [0.3, 0.4) is 0 Å². The zero-order valence-electron chi connectivity index (χ0n) is 12.2. The van der Waals surface area contributed by atoms with Crippen LogP contribution in [0.2, 0.25) is 0 Å². The normalized spacial score (nSPS) is 13.1. The van der Waals surface area contributed by atoms with Gasteiger partial charge in [0.05, 0.1) is 4.92 Å². The van der Waals surface area contributed by atoms with Crippen LogP contribution in [0.25, 0.3) is 0 Å². The number of halogens is 1. The number of amides is 1. The molecule has 0 atom stereocenters. The molecule has 1 aliphatic rings. The first-order chi connectivity index (χ1) is 10.6. The van der Waals surface area contributed by atoms with Crippen molar-refractivity contribution in [3.63, 3.8) is 0 Å². The highest BCUT2D eigenvalue weighted by atomic mass is 35.5. The molecule has 1 amide bonds. The van der Waals surface area contributed by atoms with Crippen molar-refractivity contribution in [3.05, 3.63) is 46.3 Å². The zero-order chi connectivity index (χ0) is 15.7. The predicted octanol–water partition coefficient (Wildman–Crippen LogP) is 1.77. The number of rotatable bonds is 3. The first-order valence-electron chi connectivity index (χ1n) is 6.91. The van der Waals surface area contributed by atoms with Crippen molar-refractivity contribution < 1.29 is 9.72 Å². The third kappa shape index (κ3) is 3.26. The maximum absolute atomic E-state index is 12.5. The van der Waals surface area contributed by atoms with Crippen LogP contribution in [0.4, 0.5) is 17.1 Å². The highest BCUT2D eigenvalue weighted by molar-refractivity contribution is 5.95. The highest BCUT2D eigenvalue weighted by Gasteiger charge is 2.24. The van der Waals surface area contributed by atoms with Gasteiger partial charge in [-0.2, -0.15) is 5.10 Å². The molecular weight excluding hydrogens is 322 g/mol. The molecule has 2 N–H and O–H groups in total. The van der Waals surface area contributed by atoms with Crippen LogP contribution in [0.5, 0.6) is 0 Å². The van der Waals surface area contributed by atoms with Gasteiger partial charge in [-0.1, -0.05) is 6.07 Å². The van der Waals surface area contributed by atoms with Crippen molar-refractivity contribution in [3.8, 4) is 0 Å². The van der Waals surface area contributed by atoms with Crippen molar-refractivity contribution in [2.24, 2.45) is 0 Å². The standard InChI is InChI=1S/C14H15N5O3.ClH/c15-12-4-1-5-13-11(12)3-2-6-18(13)14(20)9-17-8-10(7-16-17)19(21)22;/h1,4-5,7-8H,2-3,6,9,15H2;1H. The minimum atomic E-state index is -0.537. The van der Waals surface area contributed by atoms with Crippen LogP contribution >= 0.6 is 12.4 Å². The van der Waals surface area contributed by atoms with E-state index in [1.165, 1.54) is 10.9 Å². The lowest BCUT2D eigenvalue weighted by Gasteiger charge is -2.30. The van der Waals surface area contributed by atoms with Gasteiger partial charge in [0.1, 0.15) is 18.9 Å². The first-order valence-corrected chi connectivity index (χ1v) is 6.91. The molecule has 3 rings (SSSR count). The van der Waals surface area contributed by atoms with Crippen LogP contribution in [0.1, 0.15) is 12.0 Å². The monoisotopic (exact) mass is 337 g/mol. The molecule has 0 unspecified atom stereocenters. The molecule has 1 aromatic heterocycles. The molecule has 0 bridgehead atoms. The second-order valence-electron chi connectivity index (χ2n) is 5.15. The van der Waals surface area contributed by atoms with Crippen molar-refractivity contribution in [2.75, 3.05) is 17.2 Å². The average Bonchev–Trinajstić information content (AvgIpc) is 2.96. The summed E-state index contributed by atoms with van der Waals surface area (Å²) in [5.41, 5.74) is 8.32. The van der Waals surface area contributed by atoms with Crippen LogP contribution < -0.4 is 10.6 Å². The predicted molar refractivity (Wildman–Crippen MR) is 87.7 cm³/mol. The Hall–Kier alpha value is -2.61. The number of hydrogen-bond donors (Lipinski definition) is 1. The minimum absolute atomic E-state index is 0. The van der Waals surface area contributed by atoms with E-state index < -0.39 is 4.92 Å². The third-order valence-corrected chi connectivity index (χ3v) is 3.72. The fourth-order valence-electron chi connectivity index (χ4n) is 2.67. The van der Waals surface area contributed by atoms with Gasteiger partial charge in [-0.3, -0.25) is 19.6 Å². The van der Waals surface area contributed by atoms with Gasteiger partial charge in [-0.15, -0.1) is 12.4 Å². The summed E-state index contributed by atoms with van der Waals surface area (Å²) in [6.07, 6.45) is 4.07. The van der Waals surface area contributed by atoms with Gasteiger partial charge in [0.25, 0.3) is 0 Å². The van der Waals surface area contributed by atoms with E-state index in [4.69, 9.17) is 5.73 Å². The molecule has 0 saturated carbocycles. The largest absolute Gasteiger partial charge is 0.398 e. The molecule has 0 saturated heterocycles. The first kappa shape index (κ1) is 16.8. The molecule has 122 valence electrons. The number of nitrogen functional groups attached to an aromatic ring is 1. The number of fused-ring (bicyclic) bond motifs is 1. The molecule has 2 heterocycles. The van der Waals surface area contributed by atoms with E-state index in [0.29, 0.717) is 12.2 Å². The summed E-state index contributed by atoms with van der Waals surface area (Å²) >= 11 is 0. The zero-order valence-corrected chi connectivity index (χ0v) is 13.0. The molecular formula is C14H16ClN5O3. The molecule has 0 fully saturated rings. The summed E-state index contributed by atoms with van der Waals surface area (Å²) in [5.74, 6) is -0.162. The Kier molecular flexibility index (Phi) is 4.85. The fourth-order valence-corrected chi connectivity index (χ4v) is 2.67. The number of carbonyl (C=O) groups is 1. The van der Waals surface area contributed by atoms with Crippen molar-refractivity contribution in [2.45, 2.75) is 19.4 Å². The van der Waals surface area contributed by atoms with Gasteiger partial charge in [0.15, 0.2) is 0 Å². The molecule has 2 aromatic rings. The minimum Gasteiger partial charge on any atom is -0.398 e. The SMILES string of the molecule is Cl.Nc1cccc2c1CCCN2C(=O)Cn1cc([N+](=O)[O-])cn1. The van der Waals surface area contributed by atoms with Gasteiger partial charge in [-0.25, -0.2) is 0 Å². The van der Waals surface area contributed by atoms with Crippen LogP contribution in [-0.2, 0) is 17.8 Å². The number of carbonyl (C=O) groups excluding carboxylic acids is 1. The Morgan fingerprint density at radius 2 is 2.22 bits per heavy atom. The van der Waals surface area contributed by atoms with E-state index in [-0.39, 0.29) is 30.5 Å². The number of benzene rings is 1. The van der Waals surface area contributed by atoms with E-state index in [1.54, 1.807) is 4.90 Å². The molecule has 0 spiro atoms. The van der Waals surface area contributed by atoms with E-state index in [2.05, 4.69) is 5.10 Å². The fraction of sp³-hybridized carbons (Fsp3) is 0.286. The van der Waals surface area contributed by atoms with Gasteiger partial charge < -0.3 is 10.6 Å². The Balaban J connectivity index is 0.00000192. The molecule has 23 heavy (non-hydrogen) atoms. The molecule has 0 aliphatic carbocycles. The molecule has 0 radical (unpaired) electrons. The Morgan fingerprint density at radius 1 is 1.43 bits per heavy atom. The van der Waals surface area contributed by atoms with Crippen molar-refractivity contribution in [1.82, 2.24) is 9.78 Å². The smallest absolute Gasteiger partial charge is 0.307 e. The molecule has 1 aromatic carbocycles. The number of hydrogen-bond acceptors (Lipinski definition) is 5. The summed E-state index contributed by atoms with van der Waals surface area (Å²) in [7, 11) is 0. The lowest BCUT2D eigenvalue weighted by molar-refractivity contribution is -0.385. The average molecular weight is 338 g/mol. The van der Waals surface area contributed by atoms with Crippen molar-refractivity contribution in [1.29, 1.82) is 0 Å². The van der Waals surface area contributed by atoms with E-state index in [0.717, 1.165) is 30.3 Å². The second-order valence-corrected chi connectivity index (χ2v) is 5.15. The number of anilines is 2. The highest BCUT2D eigenvalue weighted by Crippen LogP contribution is 2.31. The van der Waals surface area contributed by atoms with E-state index >= 15 is 0 Å². The Bertz CT molecular complexity index is 746. The maximum Gasteiger partial charge on any atom is 0.307 e. The lowest BCUT2D eigenvalue weighted by Crippen LogP contribution is -2.38. The number of nitrogens with two attached hydrogens (primary N) is 1.